The van der Waals surface area contributed by atoms with Crippen molar-refractivity contribution in [1.29, 1.82) is 0 Å². The third-order valence-corrected chi connectivity index (χ3v) is 5.60. The number of halogens is 2. The van der Waals surface area contributed by atoms with Crippen molar-refractivity contribution in [2.45, 2.75) is 13.0 Å². The van der Waals surface area contributed by atoms with Gasteiger partial charge in [0.2, 0.25) is 11.6 Å². The van der Waals surface area contributed by atoms with Gasteiger partial charge in [0, 0.05) is 30.4 Å². The number of hydrogen-bond acceptors (Lipinski definition) is 6. The number of carbonyl (C=O) groups is 1. The fourth-order valence-corrected chi connectivity index (χ4v) is 3.69. The summed E-state index contributed by atoms with van der Waals surface area (Å²) in [6.07, 6.45) is 5.59. The molecule has 3 aromatic rings. The molecule has 4 rings (SSSR count). The van der Waals surface area contributed by atoms with Crippen molar-refractivity contribution in [3.05, 3.63) is 58.0 Å². The Bertz CT molecular complexity index is 1130. The Hall–Kier alpha value is -2.61. The lowest BCUT2D eigenvalue weighted by Gasteiger charge is -2.25. The number of benzene rings is 1. The van der Waals surface area contributed by atoms with E-state index < -0.39 is 0 Å². The highest BCUT2D eigenvalue weighted by molar-refractivity contribution is 6.42. The number of likely N-dealkylation sites (N-methyl/N-ethyl adjacent to an activating group) is 1. The molecule has 0 atom stereocenters. The van der Waals surface area contributed by atoms with Crippen LogP contribution in [0.3, 0.4) is 0 Å². The Balaban J connectivity index is 1.59. The molecule has 7 nitrogen and oxygen atoms in total. The van der Waals surface area contributed by atoms with Crippen molar-refractivity contribution < 1.29 is 9.21 Å². The Labute approximate surface area is 184 Å². The number of rotatable bonds is 5. The average molecular weight is 446 g/mol. The molecule has 0 fully saturated rings. The maximum absolute atomic E-state index is 12.5. The Morgan fingerprint density at radius 3 is 2.90 bits per heavy atom. The molecule has 0 saturated heterocycles. The fraction of sp³-hybridized carbons (Fsp3) is 0.286. The van der Waals surface area contributed by atoms with Gasteiger partial charge in [0.25, 0.3) is 0 Å². The number of amides is 1. The lowest BCUT2D eigenvalue weighted by Crippen LogP contribution is -2.34. The zero-order chi connectivity index (χ0) is 21.3. The molecule has 0 saturated carbocycles. The molecule has 0 spiro atoms. The number of carbonyl (C=O) groups excluding carboxylic acids is 1. The van der Waals surface area contributed by atoms with E-state index in [9.17, 15) is 4.79 Å². The first-order chi connectivity index (χ1) is 14.4. The standard InChI is InChI=1S/C21H21Cl2N5O2/c1-27(2)8-3-4-18(29)28-9-7-14-17(11-28)30-21-19(14)20(24-12-25-21)26-13-5-6-15(22)16(23)10-13/h3-6,10,12H,7-9,11H2,1-2H3,(H,24,25,26). The molecule has 0 bridgehead atoms. The third kappa shape index (κ3) is 4.28. The lowest BCUT2D eigenvalue weighted by atomic mass is 10.0. The van der Waals surface area contributed by atoms with Gasteiger partial charge in [-0.2, -0.15) is 0 Å². The number of nitrogens with one attached hydrogen (secondary N) is 1. The van der Waals surface area contributed by atoms with Gasteiger partial charge in [0.05, 0.1) is 22.0 Å². The molecule has 2 aromatic heterocycles. The van der Waals surface area contributed by atoms with E-state index in [1.165, 1.54) is 6.33 Å². The lowest BCUT2D eigenvalue weighted by molar-refractivity contribution is -0.127. The highest BCUT2D eigenvalue weighted by atomic mass is 35.5. The molecule has 3 heterocycles. The van der Waals surface area contributed by atoms with E-state index >= 15 is 0 Å². The molecule has 0 aliphatic carbocycles. The smallest absolute Gasteiger partial charge is 0.246 e. The van der Waals surface area contributed by atoms with E-state index in [-0.39, 0.29) is 5.91 Å². The van der Waals surface area contributed by atoms with Gasteiger partial charge in [-0.3, -0.25) is 4.79 Å². The predicted octanol–water partition coefficient (Wildman–Crippen LogP) is 4.28. The van der Waals surface area contributed by atoms with E-state index in [1.807, 2.05) is 31.1 Å². The van der Waals surface area contributed by atoms with Crippen LogP contribution < -0.4 is 5.32 Å². The molecular formula is C21H21Cl2N5O2. The van der Waals surface area contributed by atoms with Crippen LogP contribution in [0.2, 0.25) is 10.0 Å². The van der Waals surface area contributed by atoms with E-state index in [4.69, 9.17) is 27.6 Å². The average Bonchev–Trinajstić information content (AvgIpc) is 3.09. The first-order valence-corrected chi connectivity index (χ1v) is 10.3. The molecule has 30 heavy (non-hydrogen) atoms. The number of aromatic nitrogens is 2. The molecule has 1 aromatic carbocycles. The van der Waals surface area contributed by atoms with Crippen LogP contribution in [0.25, 0.3) is 11.1 Å². The van der Waals surface area contributed by atoms with Crippen LogP contribution in [0.1, 0.15) is 11.3 Å². The van der Waals surface area contributed by atoms with Crippen molar-refractivity contribution in [3.63, 3.8) is 0 Å². The van der Waals surface area contributed by atoms with Crippen molar-refractivity contribution >= 4 is 51.7 Å². The molecule has 9 heteroatoms. The Kier molecular flexibility index (Phi) is 5.94. The molecule has 1 aliphatic rings. The quantitative estimate of drug-likeness (QED) is 0.590. The summed E-state index contributed by atoms with van der Waals surface area (Å²) in [5.74, 6) is 1.35. The third-order valence-electron chi connectivity index (χ3n) is 4.86. The summed E-state index contributed by atoms with van der Waals surface area (Å²) in [7, 11) is 3.92. The maximum Gasteiger partial charge on any atom is 0.246 e. The fourth-order valence-electron chi connectivity index (χ4n) is 3.39. The van der Waals surface area contributed by atoms with Crippen LogP contribution in [-0.2, 0) is 17.8 Å². The molecule has 0 unspecified atom stereocenters. The highest BCUT2D eigenvalue weighted by Crippen LogP contribution is 2.35. The highest BCUT2D eigenvalue weighted by Gasteiger charge is 2.27. The summed E-state index contributed by atoms with van der Waals surface area (Å²) < 4.78 is 5.97. The number of fused-ring (bicyclic) bond motifs is 3. The summed E-state index contributed by atoms with van der Waals surface area (Å²) in [4.78, 5) is 24.9. The predicted molar refractivity (Wildman–Crippen MR) is 118 cm³/mol. The molecule has 156 valence electrons. The number of hydrogen-bond donors (Lipinski definition) is 1. The first kappa shape index (κ1) is 20.7. The Morgan fingerprint density at radius 1 is 1.30 bits per heavy atom. The van der Waals surface area contributed by atoms with E-state index in [0.29, 0.717) is 41.1 Å². The summed E-state index contributed by atoms with van der Waals surface area (Å²) in [6.45, 7) is 1.73. The van der Waals surface area contributed by atoms with Crippen LogP contribution in [0.5, 0.6) is 0 Å². The normalized spacial score (nSPS) is 14.0. The van der Waals surface area contributed by atoms with Crippen molar-refractivity contribution in [2.75, 3.05) is 32.5 Å². The summed E-state index contributed by atoms with van der Waals surface area (Å²) in [5, 5.41) is 5.04. The minimum absolute atomic E-state index is 0.0248. The molecular weight excluding hydrogens is 425 g/mol. The Morgan fingerprint density at radius 2 is 2.13 bits per heavy atom. The zero-order valence-corrected chi connectivity index (χ0v) is 18.2. The zero-order valence-electron chi connectivity index (χ0n) is 16.7. The minimum atomic E-state index is -0.0248. The van der Waals surface area contributed by atoms with Gasteiger partial charge in [0.1, 0.15) is 17.9 Å². The summed E-state index contributed by atoms with van der Waals surface area (Å²) in [6, 6.07) is 5.29. The van der Waals surface area contributed by atoms with Crippen molar-refractivity contribution in [3.8, 4) is 0 Å². The summed E-state index contributed by atoms with van der Waals surface area (Å²) in [5.41, 5.74) is 2.28. The second-order valence-electron chi connectivity index (χ2n) is 7.33. The van der Waals surface area contributed by atoms with Gasteiger partial charge in [-0.1, -0.05) is 29.3 Å². The number of anilines is 2. The first-order valence-electron chi connectivity index (χ1n) is 9.50. The van der Waals surface area contributed by atoms with Gasteiger partial charge in [-0.15, -0.1) is 0 Å². The van der Waals surface area contributed by atoms with E-state index in [0.717, 1.165) is 28.9 Å². The molecule has 1 aliphatic heterocycles. The number of nitrogens with zero attached hydrogens (tertiary/aromatic N) is 4. The number of furan rings is 1. The second-order valence-corrected chi connectivity index (χ2v) is 8.15. The van der Waals surface area contributed by atoms with Gasteiger partial charge in [-0.05, 0) is 38.7 Å². The topological polar surface area (TPSA) is 74.5 Å². The van der Waals surface area contributed by atoms with Crippen LogP contribution in [0, 0.1) is 0 Å². The van der Waals surface area contributed by atoms with E-state index in [1.54, 1.807) is 23.1 Å². The molecule has 0 radical (unpaired) electrons. The van der Waals surface area contributed by atoms with Gasteiger partial charge in [-0.25, -0.2) is 9.97 Å². The van der Waals surface area contributed by atoms with Crippen LogP contribution in [-0.4, -0.2) is 52.9 Å². The summed E-state index contributed by atoms with van der Waals surface area (Å²) >= 11 is 12.1. The SMILES string of the molecule is CN(C)CC=CC(=O)N1CCc2c(oc3ncnc(Nc4ccc(Cl)c(Cl)c4)c23)C1. The van der Waals surface area contributed by atoms with Crippen molar-refractivity contribution in [2.24, 2.45) is 0 Å². The van der Waals surface area contributed by atoms with Gasteiger partial charge < -0.3 is 19.5 Å². The maximum atomic E-state index is 12.5. The van der Waals surface area contributed by atoms with Gasteiger partial charge >= 0.3 is 0 Å². The van der Waals surface area contributed by atoms with Gasteiger partial charge in [0.15, 0.2) is 0 Å². The van der Waals surface area contributed by atoms with Crippen molar-refractivity contribution in [1.82, 2.24) is 19.8 Å². The molecule has 1 N–H and O–H groups in total. The van der Waals surface area contributed by atoms with Crippen LogP contribution in [0.15, 0.2) is 41.1 Å². The van der Waals surface area contributed by atoms with E-state index in [2.05, 4.69) is 15.3 Å². The minimum Gasteiger partial charge on any atom is -0.440 e. The largest absolute Gasteiger partial charge is 0.440 e. The van der Waals surface area contributed by atoms with Crippen LogP contribution in [0.4, 0.5) is 11.5 Å². The van der Waals surface area contributed by atoms with Crippen LogP contribution >= 0.6 is 23.2 Å². The second kappa shape index (κ2) is 8.63. The molecule has 1 amide bonds. The monoisotopic (exact) mass is 445 g/mol.